The number of anilines is 1. The maximum absolute atomic E-state index is 11.9. The molecule has 0 aliphatic carbocycles. The molecule has 0 aliphatic rings. The molecule has 0 fully saturated rings. The van der Waals surface area contributed by atoms with E-state index in [1.165, 1.54) is 18.2 Å². The Hall–Kier alpha value is -2.35. The molecule has 2 N–H and O–H groups in total. The van der Waals surface area contributed by atoms with Gasteiger partial charge in [-0.1, -0.05) is 41.9 Å². The van der Waals surface area contributed by atoms with Crippen molar-refractivity contribution < 1.29 is 9.90 Å². The molecule has 1 amide bonds. The van der Waals surface area contributed by atoms with Crippen LogP contribution in [0.25, 0.3) is 0 Å². The van der Waals surface area contributed by atoms with Crippen LogP contribution in [0.5, 0.6) is 0 Å². The first kappa shape index (κ1) is 14.1. The number of hydrogen-bond acceptors (Lipinski definition) is 3. The van der Waals surface area contributed by atoms with Crippen LogP contribution in [0.1, 0.15) is 17.2 Å². The van der Waals surface area contributed by atoms with Gasteiger partial charge in [0.05, 0.1) is 22.3 Å². The van der Waals surface area contributed by atoms with Gasteiger partial charge < -0.3 is 10.4 Å². The van der Waals surface area contributed by atoms with Crippen molar-refractivity contribution in [2.45, 2.75) is 6.10 Å². The molecule has 2 rings (SSSR count). The molecule has 2 aromatic rings. The van der Waals surface area contributed by atoms with Gasteiger partial charge in [-0.25, -0.2) is 0 Å². The Morgan fingerprint density at radius 1 is 1.25 bits per heavy atom. The Kier molecular flexibility index (Phi) is 4.36. The van der Waals surface area contributed by atoms with Gasteiger partial charge in [0.15, 0.2) is 6.10 Å². The zero-order chi connectivity index (χ0) is 14.5. The van der Waals surface area contributed by atoms with Gasteiger partial charge in [0.25, 0.3) is 5.91 Å². The molecule has 1 atom stereocenters. The minimum absolute atomic E-state index is 0.248. The summed E-state index contributed by atoms with van der Waals surface area (Å²) in [7, 11) is 0. The average Bonchev–Trinajstić information content (AvgIpc) is 2.49. The lowest BCUT2D eigenvalue weighted by Gasteiger charge is -2.12. The van der Waals surface area contributed by atoms with E-state index < -0.39 is 12.0 Å². The highest BCUT2D eigenvalue weighted by molar-refractivity contribution is 6.33. The summed E-state index contributed by atoms with van der Waals surface area (Å²) in [4.78, 5) is 11.9. The number of nitrogens with one attached hydrogen (secondary N) is 1. The van der Waals surface area contributed by atoms with Crippen molar-refractivity contribution in [1.82, 2.24) is 0 Å². The van der Waals surface area contributed by atoms with Crippen molar-refractivity contribution in [2.24, 2.45) is 0 Å². The monoisotopic (exact) mass is 286 g/mol. The van der Waals surface area contributed by atoms with Crippen LogP contribution in [0.2, 0.25) is 5.02 Å². The second-order valence-corrected chi connectivity index (χ2v) is 4.52. The summed E-state index contributed by atoms with van der Waals surface area (Å²) < 4.78 is 0. The maximum atomic E-state index is 11.9. The lowest BCUT2D eigenvalue weighted by molar-refractivity contribution is -0.124. The Morgan fingerprint density at radius 3 is 2.55 bits per heavy atom. The summed E-state index contributed by atoms with van der Waals surface area (Å²) in [5, 5.41) is 21.4. The lowest BCUT2D eigenvalue weighted by atomic mass is 10.1. The van der Waals surface area contributed by atoms with E-state index in [4.69, 9.17) is 16.9 Å². The highest BCUT2D eigenvalue weighted by atomic mass is 35.5. The average molecular weight is 287 g/mol. The van der Waals surface area contributed by atoms with Gasteiger partial charge in [0.2, 0.25) is 0 Å². The number of amides is 1. The quantitative estimate of drug-likeness (QED) is 0.911. The normalized spacial score (nSPS) is 11.4. The van der Waals surface area contributed by atoms with Gasteiger partial charge >= 0.3 is 0 Å². The Labute approximate surface area is 121 Å². The number of carbonyl (C=O) groups is 1. The molecule has 0 aliphatic heterocycles. The third-order valence-electron chi connectivity index (χ3n) is 2.72. The van der Waals surface area contributed by atoms with E-state index in [1.54, 1.807) is 30.3 Å². The fraction of sp³-hybridized carbons (Fsp3) is 0.0667. The summed E-state index contributed by atoms with van der Waals surface area (Å²) in [5.74, 6) is -0.581. The van der Waals surface area contributed by atoms with E-state index >= 15 is 0 Å². The number of nitrogens with zero attached hydrogens (tertiary/aromatic N) is 1. The first-order valence-corrected chi connectivity index (χ1v) is 6.23. The standard InChI is InChI=1S/C15H11ClN2O2/c16-12-8-10(9-17)6-7-13(12)18-15(20)14(19)11-4-2-1-3-5-11/h1-8,14,19H,(H,18,20). The number of benzene rings is 2. The molecule has 1 unspecified atom stereocenters. The molecule has 5 heteroatoms. The minimum Gasteiger partial charge on any atom is -0.378 e. The molecule has 20 heavy (non-hydrogen) atoms. The zero-order valence-electron chi connectivity index (χ0n) is 10.4. The summed E-state index contributed by atoms with van der Waals surface area (Å²) in [6, 6.07) is 15.0. The van der Waals surface area contributed by atoms with Gasteiger partial charge in [-0.15, -0.1) is 0 Å². The van der Waals surface area contributed by atoms with Crippen LogP contribution in [0.15, 0.2) is 48.5 Å². The summed E-state index contributed by atoms with van der Waals surface area (Å²) in [5.41, 5.74) is 1.25. The summed E-state index contributed by atoms with van der Waals surface area (Å²) in [6.07, 6.45) is -1.28. The Bertz CT molecular complexity index is 665. The zero-order valence-corrected chi connectivity index (χ0v) is 11.1. The van der Waals surface area contributed by atoms with E-state index in [0.717, 1.165) is 0 Å². The minimum atomic E-state index is -1.28. The number of hydrogen-bond donors (Lipinski definition) is 2. The predicted molar refractivity (Wildman–Crippen MR) is 76.2 cm³/mol. The Morgan fingerprint density at radius 2 is 1.95 bits per heavy atom. The number of aliphatic hydroxyl groups is 1. The smallest absolute Gasteiger partial charge is 0.257 e. The number of nitriles is 1. The highest BCUT2D eigenvalue weighted by Crippen LogP contribution is 2.24. The molecule has 0 spiro atoms. The summed E-state index contributed by atoms with van der Waals surface area (Å²) in [6.45, 7) is 0. The summed E-state index contributed by atoms with van der Waals surface area (Å²) >= 11 is 5.96. The molecule has 100 valence electrons. The van der Waals surface area contributed by atoms with Crippen LogP contribution < -0.4 is 5.32 Å². The van der Waals surface area contributed by atoms with Gasteiger partial charge in [-0.05, 0) is 23.8 Å². The molecule has 0 saturated heterocycles. The molecule has 0 aromatic heterocycles. The van der Waals surface area contributed by atoms with Crippen LogP contribution >= 0.6 is 11.6 Å². The van der Waals surface area contributed by atoms with E-state index in [0.29, 0.717) is 16.8 Å². The van der Waals surface area contributed by atoms with Crippen molar-refractivity contribution in [3.63, 3.8) is 0 Å². The van der Waals surface area contributed by atoms with Crippen LogP contribution in [0, 0.1) is 11.3 Å². The third kappa shape index (κ3) is 3.15. The van der Waals surface area contributed by atoms with Gasteiger partial charge in [-0.3, -0.25) is 4.79 Å². The van der Waals surface area contributed by atoms with Gasteiger partial charge in [0.1, 0.15) is 0 Å². The van der Waals surface area contributed by atoms with Gasteiger partial charge in [0, 0.05) is 0 Å². The van der Waals surface area contributed by atoms with Crippen molar-refractivity contribution in [2.75, 3.05) is 5.32 Å². The SMILES string of the molecule is N#Cc1ccc(NC(=O)C(O)c2ccccc2)c(Cl)c1. The van der Waals surface area contributed by atoms with Crippen molar-refractivity contribution in [1.29, 1.82) is 5.26 Å². The number of halogens is 1. The number of rotatable bonds is 3. The van der Waals surface area contributed by atoms with E-state index in [1.807, 2.05) is 6.07 Å². The van der Waals surface area contributed by atoms with Crippen LogP contribution in [0.4, 0.5) is 5.69 Å². The number of aliphatic hydroxyl groups excluding tert-OH is 1. The molecule has 0 heterocycles. The third-order valence-corrected chi connectivity index (χ3v) is 3.03. The molecule has 2 aromatic carbocycles. The number of carbonyl (C=O) groups excluding carboxylic acids is 1. The van der Waals surface area contributed by atoms with Crippen molar-refractivity contribution in [3.05, 3.63) is 64.7 Å². The first-order chi connectivity index (χ1) is 9.61. The predicted octanol–water partition coefficient (Wildman–Crippen LogP) is 2.88. The van der Waals surface area contributed by atoms with Crippen molar-refractivity contribution >= 4 is 23.2 Å². The first-order valence-electron chi connectivity index (χ1n) is 5.85. The maximum Gasteiger partial charge on any atom is 0.257 e. The fourth-order valence-corrected chi connectivity index (χ4v) is 1.90. The second kappa shape index (κ2) is 6.20. The molecular formula is C15H11ClN2O2. The molecule has 0 saturated carbocycles. The fourth-order valence-electron chi connectivity index (χ4n) is 1.67. The van der Waals surface area contributed by atoms with Gasteiger partial charge in [-0.2, -0.15) is 5.26 Å². The topological polar surface area (TPSA) is 73.1 Å². The van der Waals surface area contributed by atoms with Crippen molar-refractivity contribution in [3.8, 4) is 6.07 Å². The second-order valence-electron chi connectivity index (χ2n) is 4.11. The highest BCUT2D eigenvalue weighted by Gasteiger charge is 2.18. The van der Waals surface area contributed by atoms with E-state index in [2.05, 4.69) is 5.32 Å². The molecule has 4 nitrogen and oxygen atoms in total. The van der Waals surface area contributed by atoms with E-state index in [9.17, 15) is 9.90 Å². The largest absolute Gasteiger partial charge is 0.378 e. The van der Waals surface area contributed by atoms with Crippen LogP contribution in [0.3, 0.4) is 0 Å². The molecular weight excluding hydrogens is 276 g/mol. The lowest BCUT2D eigenvalue weighted by Crippen LogP contribution is -2.20. The van der Waals surface area contributed by atoms with Crippen LogP contribution in [-0.4, -0.2) is 11.0 Å². The van der Waals surface area contributed by atoms with E-state index in [-0.39, 0.29) is 5.02 Å². The Balaban J connectivity index is 2.14. The molecule has 0 bridgehead atoms. The van der Waals surface area contributed by atoms with Crippen LogP contribution in [-0.2, 0) is 4.79 Å². The molecule has 0 radical (unpaired) electrons.